The lowest BCUT2D eigenvalue weighted by Crippen LogP contribution is -2.23. The number of aromatic nitrogens is 1. The molecule has 0 saturated carbocycles. The van der Waals surface area contributed by atoms with E-state index >= 15 is 0 Å². The summed E-state index contributed by atoms with van der Waals surface area (Å²) in [5.41, 5.74) is 1.21. The Kier molecular flexibility index (Phi) is 5.34. The van der Waals surface area contributed by atoms with E-state index in [2.05, 4.69) is 10.3 Å². The van der Waals surface area contributed by atoms with Crippen LogP contribution in [0, 0.1) is 17.5 Å². The molecule has 7 heteroatoms. The molecule has 1 amide bonds. The van der Waals surface area contributed by atoms with Crippen LogP contribution in [0.2, 0.25) is 0 Å². The molecular formula is C23H15F3N2O2. The number of carbonyl (C=O) groups is 1. The fourth-order valence-corrected chi connectivity index (χ4v) is 3.04. The zero-order valence-corrected chi connectivity index (χ0v) is 15.5. The quantitative estimate of drug-likeness (QED) is 0.484. The first-order chi connectivity index (χ1) is 14.5. The average Bonchev–Trinajstić information content (AvgIpc) is 3.21. The Labute approximate surface area is 170 Å². The van der Waals surface area contributed by atoms with Crippen LogP contribution >= 0.6 is 0 Å². The van der Waals surface area contributed by atoms with Crippen molar-refractivity contribution >= 4 is 5.91 Å². The molecule has 1 heterocycles. The lowest BCUT2D eigenvalue weighted by atomic mass is 10.1. The number of nitrogens with one attached hydrogen (secondary N) is 1. The predicted octanol–water partition coefficient (Wildman–Crippen LogP) is 5.36. The number of amides is 1. The molecule has 4 aromatic rings. The summed E-state index contributed by atoms with van der Waals surface area (Å²) in [5, 5.41) is 2.63. The lowest BCUT2D eigenvalue weighted by molar-refractivity contribution is 0.0951. The largest absolute Gasteiger partial charge is 0.436 e. The first-order valence-electron chi connectivity index (χ1n) is 9.04. The van der Waals surface area contributed by atoms with Crippen LogP contribution in [0.25, 0.3) is 22.8 Å². The van der Waals surface area contributed by atoms with Gasteiger partial charge in [-0.15, -0.1) is 0 Å². The number of carbonyl (C=O) groups excluding carboxylic acids is 1. The van der Waals surface area contributed by atoms with Crippen molar-refractivity contribution in [3.63, 3.8) is 0 Å². The van der Waals surface area contributed by atoms with Gasteiger partial charge in [-0.2, -0.15) is 0 Å². The van der Waals surface area contributed by atoms with E-state index < -0.39 is 23.4 Å². The van der Waals surface area contributed by atoms with Crippen LogP contribution in [-0.2, 0) is 6.54 Å². The normalized spacial score (nSPS) is 10.8. The Morgan fingerprint density at radius 3 is 2.30 bits per heavy atom. The van der Waals surface area contributed by atoms with Gasteiger partial charge in [0.1, 0.15) is 17.5 Å². The van der Waals surface area contributed by atoms with Gasteiger partial charge < -0.3 is 9.73 Å². The average molecular weight is 408 g/mol. The minimum atomic E-state index is -0.722. The summed E-state index contributed by atoms with van der Waals surface area (Å²) in [6, 6.07) is 15.8. The second kappa shape index (κ2) is 8.24. The van der Waals surface area contributed by atoms with Crippen LogP contribution in [0.4, 0.5) is 13.2 Å². The maximum Gasteiger partial charge on any atom is 0.252 e. The molecule has 0 spiro atoms. The van der Waals surface area contributed by atoms with Crippen LogP contribution in [0.1, 0.15) is 15.9 Å². The Morgan fingerprint density at radius 2 is 1.57 bits per heavy atom. The van der Waals surface area contributed by atoms with E-state index in [0.717, 1.165) is 18.2 Å². The number of hydrogen-bond donors (Lipinski definition) is 1. The number of rotatable bonds is 5. The van der Waals surface area contributed by atoms with Gasteiger partial charge in [-0.05, 0) is 42.0 Å². The van der Waals surface area contributed by atoms with E-state index in [9.17, 15) is 18.0 Å². The van der Waals surface area contributed by atoms with E-state index in [1.54, 1.807) is 42.5 Å². The zero-order chi connectivity index (χ0) is 21.1. The van der Waals surface area contributed by atoms with E-state index in [4.69, 9.17) is 4.42 Å². The smallest absolute Gasteiger partial charge is 0.252 e. The molecule has 1 N–H and O–H groups in total. The lowest BCUT2D eigenvalue weighted by Gasteiger charge is -2.09. The minimum absolute atomic E-state index is 0.0616. The first kappa shape index (κ1) is 19.4. The maximum absolute atomic E-state index is 14.0. The zero-order valence-electron chi connectivity index (χ0n) is 15.5. The molecule has 30 heavy (non-hydrogen) atoms. The van der Waals surface area contributed by atoms with Crippen LogP contribution in [-0.4, -0.2) is 10.9 Å². The standard InChI is InChI=1S/C23H15F3N2O2/c24-15-9-14(10-16(25)11-15)12-27-22(29)17-5-1-2-6-18(17)23-28-13-21(30-23)19-7-3-4-8-20(19)26/h1-11,13H,12H2,(H,27,29). The van der Waals surface area contributed by atoms with Gasteiger partial charge in [0.2, 0.25) is 5.89 Å². The second-order valence-corrected chi connectivity index (χ2v) is 6.52. The predicted molar refractivity (Wildman–Crippen MR) is 105 cm³/mol. The SMILES string of the molecule is O=C(NCc1cc(F)cc(F)c1)c1ccccc1-c1ncc(-c2ccccc2F)o1. The van der Waals surface area contributed by atoms with Crippen LogP contribution in [0.5, 0.6) is 0 Å². The molecule has 0 fully saturated rings. The highest BCUT2D eigenvalue weighted by molar-refractivity contribution is 6.00. The molecule has 0 saturated heterocycles. The summed E-state index contributed by atoms with van der Waals surface area (Å²) in [6.45, 7) is -0.0616. The summed E-state index contributed by atoms with van der Waals surface area (Å²) >= 11 is 0. The van der Waals surface area contributed by atoms with E-state index in [1.807, 2.05) is 0 Å². The van der Waals surface area contributed by atoms with Gasteiger partial charge in [0.25, 0.3) is 5.91 Å². The second-order valence-electron chi connectivity index (χ2n) is 6.52. The van der Waals surface area contributed by atoms with Gasteiger partial charge in [0.15, 0.2) is 5.76 Å². The number of benzene rings is 3. The molecule has 1 aromatic heterocycles. The monoisotopic (exact) mass is 408 g/mol. The Bertz CT molecular complexity index is 1200. The topological polar surface area (TPSA) is 55.1 Å². The van der Waals surface area contributed by atoms with Gasteiger partial charge in [0.05, 0.1) is 17.3 Å². The number of oxazole rings is 1. The van der Waals surface area contributed by atoms with E-state index in [1.165, 1.54) is 12.3 Å². The van der Waals surface area contributed by atoms with Gasteiger partial charge >= 0.3 is 0 Å². The number of halogens is 3. The fourth-order valence-electron chi connectivity index (χ4n) is 3.04. The summed E-state index contributed by atoms with van der Waals surface area (Å²) in [6.07, 6.45) is 1.39. The van der Waals surface area contributed by atoms with Crippen molar-refractivity contribution < 1.29 is 22.4 Å². The molecule has 0 aliphatic carbocycles. The highest BCUT2D eigenvalue weighted by Gasteiger charge is 2.18. The van der Waals surface area contributed by atoms with Crippen molar-refractivity contribution in [1.29, 1.82) is 0 Å². The third-order valence-corrected chi connectivity index (χ3v) is 4.42. The molecular weight excluding hydrogens is 393 g/mol. The third-order valence-electron chi connectivity index (χ3n) is 4.42. The summed E-state index contributed by atoms with van der Waals surface area (Å²) in [5.74, 6) is -1.99. The Hall–Kier alpha value is -3.87. The first-order valence-corrected chi connectivity index (χ1v) is 9.04. The van der Waals surface area contributed by atoms with Crippen molar-refractivity contribution in [2.75, 3.05) is 0 Å². The summed E-state index contributed by atoms with van der Waals surface area (Å²) in [7, 11) is 0. The van der Waals surface area contributed by atoms with Crippen molar-refractivity contribution in [3.8, 4) is 22.8 Å². The highest BCUT2D eigenvalue weighted by atomic mass is 19.1. The number of nitrogens with zero attached hydrogens (tertiary/aromatic N) is 1. The Morgan fingerprint density at radius 1 is 0.900 bits per heavy atom. The van der Waals surface area contributed by atoms with Crippen LogP contribution in [0.15, 0.2) is 77.3 Å². The third kappa shape index (κ3) is 4.10. The van der Waals surface area contributed by atoms with E-state index in [-0.39, 0.29) is 34.9 Å². The molecule has 0 radical (unpaired) electrons. The highest BCUT2D eigenvalue weighted by Crippen LogP contribution is 2.29. The molecule has 4 rings (SSSR count). The van der Waals surface area contributed by atoms with Crippen molar-refractivity contribution in [2.45, 2.75) is 6.54 Å². The molecule has 0 aliphatic heterocycles. The molecule has 4 nitrogen and oxygen atoms in total. The maximum atomic E-state index is 14.0. The molecule has 150 valence electrons. The summed E-state index contributed by atoms with van der Waals surface area (Å²) in [4.78, 5) is 16.9. The molecule has 0 bridgehead atoms. The van der Waals surface area contributed by atoms with Crippen LogP contribution < -0.4 is 5.32 Å². The molecule has 3 aromatic carbocycles. The fraction of sp³-hybridized carbons (Fsp3) is 0.0435. The van der Waals surface area contributed by atoms with Crippen molar-refractivity contribution in [3.05, 3.63) is 102 Å². The van der Waals surface area contributed by atoms with Gasteiger partial charge in [-0.3, -0.25) is 4.79 Å². The summed E-state index contributed by atoms with van der Waals surface area (Å²) < 4.78 is 46.4. The van der Waals surface area contributed by atoms with E-state index in [0.29, 0.717) is 5.56 Å². The molecule has 0 atom stereocenters. The van der Waals surface area contributed by atoms with Crippen molar-refractivity contribution in [2.24, 2.45) is 0 Å². The molecule has 0 aliphatic rings. The Balaban J connectivity index is 1.58. The van der Waals surface area contributed by atoms with Crippen molar-refractivity contribution in [1.82, 2.24) is 10.3 Å². The molecule has 0 unspecified atom stereocenters. The van der Waals surface area contributed by atoms with Gasteiger partial charge in [-0.25, -0.2) is 18.2 Å². The number of hydrogen-bond acceptors (Lipinski definition) is 3. The minimum Gasteiger partial charge on any atom is -0.436 e. The van der Waals surface area contributed by atoms with Crippen LogP contribution in [0.3, 0.4) is 0 Å². The van der Waals surface area contributed by atoms with Gasteiger partial charge in [-0.1, -0.05) is 24.3 Å². The van der Waals surface area contributed by atoms with Gasteiger partial charge in [0, 0.05) is 18.2 Å².